The Morgan fingerprint density at radius 1 is 1.00 bits per heavy atom. The van der Waals surface area contributed by atoms with Gasteiger partial charge in [-0.3, -0.25) is 4.79 Å². The van der Waals surface area contributed by atoms with Crippen LogP contribution in [-0.4, -0.2) is 31.7 Å². The number of hydrogen-bond acceptors (Lipinski definition) is 3. The van der Waals surface area contributed by atoms with Crippen LogP contribution < -0.4 is 5.32 Å². The molecule has 1 heterocycles. The van der Waals surface area contributed by atoms with Gasteiger partial charge in [0.1, 0.15) is 0 Å². The van der Waals surface area contributed by atoms with Crippen molar-refractivity contribution in [1.82, 2.24) is 9.62 Å². The molecule has 1 saturated heterocycles. The zero-order valence-corrected chi connectivity index (χ0v) is 18.2. The van der Waals surface area contributed by atoms with Crippen molar-refractivity contribution in [2.75, 3.05) is 13.1 Å². The van der Waals surface area contributed by atoms with Crippen molar-refractivity contribution in [3.05, 3.63) is 65.2 Å². The highest BCUT2D eigenvalue weighted by Gasteiger charge is 2.27. The molecule has 1 fully saturated rings. The molecule has 29 heavy (non-hydrogen) atoms. The lowest BCUT2D eigenvalue weighted by molar-refractivity contribution is 0.0925. The van der Waals surface area contributed by atoms with Gasteiger partial charge in [-0.05, 0) is 60.6 Å². The Labute approximate surface area is 174 Å². The molecule has 1 aliphatic rings. The van der Waals surface area contributed by atoms with Gasteiger partial charge in [0.05, 0.1) is 10.9 Å². The first-order valence-electron chi connectivity index (χ1n) is 10.3. The number of carbonyl (C=O) groups excluding carboxylic acids is 1. The summed E-state index contributed by atoms with van der Waals surface area (Å²) in [6, 6.07) is 14.5. The number of amides is 1. The van der Waals surface area contributed by atoms with Crippen LogP contribution in [-0.2, 0) is 16.4 Å². The molecule has 1 amide bonds. The smallest absolute Gasteiger partial charge is 0.251 e. The SMILES string of the molecule is CCc1ccc(C(NC(=O)c2ccc(S(=O)(=O)N3CCCC3)cc2)C(C)C)cc1. The maximum Gasteiger partial charge on any atom is 0.251 e. The van der Waals surface area contributed by atoms with Gasteiger partial charge >= 0.3 is 0 Å². The third-order valence-corrected chi connectivity index (χ3v) is 7.43. The van der Waals surface area contributed by atoms with E-state index < -0.39 is 10.0 Å². The highest BCUT2D eigenvalue weighted by molar-refractivity contribution is 7.89. The van der Waals surface area contributed by atoms with Crippen molar-refractivity contribution in [2.24, 2.45) is 5.92 Å². The van der Waals surface area contributed by atoms with Gasteiger partial charge in [0.2, 0.25) is 10.0 Å². The Bertz CT molecular complexity index is 929. The summed E-state index contributed by atoms with van der Waals surface area (Å²) in [7, 11) is -3.47. The minimum absolute atomic E-state index is 0.110. The van der Waals surface area contributed by atoms with Crippen LogP contribution in [0.1, 0.15) is 61.1 Å². The fraction of sp³-hybridized carbons (Fsp3) is 0.435. The molecule has 0 aromatic heterocycles. The zero-order valence-electron chi connectivity index (χ0n) is 17.4. The number of benzene rings is 2. The molecule has 1 N–H and O–H groups in total. The van der Waals surface area contributed by atoms with Crippen molar-refractivity contribution in [1.29, 1.82) is 0 Å². The molecule has 1 aliphatic heterocycles. The van der Waals surface area contributed by atoms with Gasteiger partial charge in [-0.1, -0.05) is 45.0 Å². The summed E-state index contributed by atoms with van der Waals surface area (Å²) in [5.74, 6) is 0.0228. The lowest BCUT2D eigenvalue weighted by Gasteiger charge is -2.23. The minimum atomic E-state index is -3.47. The molecule has 0 aliphatic carbocycles. The van der Waals surface area contributed by atoms with E-state index in [0.29, 0.717) is 18.7 Å². The fourth-order valence-corrected chi connectivity index (χ4v) is 5.19. The number of aryl methyl sites for hydroxylation is 1. The summed E-state index contributed by atoms with van der Waals surface area (Å²) in [6.45, 7) is 7.40. The number of carbonyl (C=O) groups is 1. The van der Waals surface area contributed by atoms with E-state index in [9.17, 15) is 13.2 Å². The zero-order chi connectivity index (χ0) is 21.0. The predicted octanol–water partition coefficient (Wildman–Crippen LogP) is 4.16. The second-order valence-electron chi connectivity index (χ2n) is 7.93. The van der Waals surface area contributed by atoms with Crippen molar-refractivity contribution in [3.8, 4) is 0 Å². The fourth-order valence-electron chi connectivity index (χ4n) is 3.68. The van der Waals surface area contributed by atoms with Crippen LogP contribution in [0, 0.1) is 5.92 Å². The topological polar surface area (TPSA) is 66.5 Å². The maximum absolute atomic E-state index is 12.8. The minimum Gasteiger partial charge on any atom is -0.345 e. The molecular weight excluding hydrogens is 384 g/mol. The second-order valence-corrected chi connectivity index (χ2v) is 9.86. The summed E-state index contributed by atoms with van der Waals surface area (Å²) >= 11 is 0. The molecule has 3 rings (SSSR count). The summed E-state index contributed by atoms with van der Waals surface area (Å²) in [5.41, 5.74) is 2.79. The van der Waals surface area contributed by atoms with Crippen LogP contribution >= 0.6 is 0 Å². The molecule has 1 unspecified atom stereocenters. The van der Waals surface area contributed by atoms with Crippen molar-refractivity contribution >= 4 is 15.9 Å². The van der Waals surface area contributed by atoms with Crippen LogP contribution in [0.15, 0.2) is 53.4 Å². The van der Waals surface area contributed by atoms with Gasteiger partial charge < -0.3 is 5.32 Å². The number of nitrogens with zero attached hydrogens (tertiary/aromatic N) is 1. The third kappa shape index (κ3) is 4.87. The molecule has 0 spiro atoms. The Hall–Kier alpha value is -2.18. The summed E-state index contributed by atoms with van der Waals surface area (Å²) in [4.78, 5) is 13.0. The van der Waals surface area contributed by atoms with E-state index in [-0.39, 0.29) is 22.8 Å². The van der Waals surface area contributed by atoms with Crippen LogP contribution in [0.4, 0.5) is 0 Å². The van der Waals surface area contributed by atoms with Crippen molar-refractivity contribution in [3.63, 3.8) is 0 Å². The normalized spacial score (nSPS) is 16.1. The Morgan fingerprint density at radius 3 is 2.10 bits per heavy atom. The van der Waals surface area contributed by atoms with E-state index in [2.05, 4.69) is 50.4 Å². The van der Waals surface area contributed by atoms with Gasteiger partial charge in [-0.2, -0.15) is 4.31 Å². The quantitative estimate of drug-likeness (QED) is 0.740. The lowest BCUT2D eigenvalue weighted by Crippen LogP contribution is -2.32. The Morgan fingerprint density at radius 2 is 1.59 bits per heavy atom. The highest BCUT2D eigenvalue weighted by atomic mass is 32.2. The van der Waals surface area contributed by atoms with Crippen LogP contribution in [0.2, 0.25) is 0 Å². The summed E-state index contributed by atoms with van der Waals surface area (Å²) < 4.78 is 26.8. The van der Waals surface area contributed by atoms with Gasteiger partial charge in [0.15, 0.2) is 0 Å². The largest absolute Gasteiger partial charge is 0.345 e. The van der Waals surface area contributed by atoms with Crippen molar-refractivity contribution in [2.45, 2.75) is 51.0 Å². The van der Waals surface area contributed by atoms with E-state index >= 15 is 0 Å². The van der Waals surface area contributed by atoms with E-state index in [4.69, 9.17) is 0 Å². The number of sulfonamides is 1. The number of hydrogen-bond donors (Lipinski definition) is 1. The van der Waals surface area contributed by atoms with Crippen molar-refractivity contribution < 1.29 is 13.2 Å². The third-order valence-electron chi connectivity index (χ3n) is 5.52. The van der Waals surface area contributed by atoms with E-state index in [1.807, 2.05) is 0 Å². The van der Waals surface area contributed by atoms with Crippen LogP contribution in [0.25, 0.3) is 0 Å². The molecule has 6 heteroatoms. The van der Waals surface area contributed by atoms with Gasteiger partial charge in [0, 0.05) is 18.7 Å². The number of rotatable bonds is 7. The molecule has 2 aromatic rings. The van der Waals surface area contributed by atoms with E-state index in [1.54, 1.807) is 12.1 Å². The first-order valence-corrected chi connectivity index (χ1v) is 11.8. The summed E-state index contributed by atoms with van der Waals surface area (Å²) in [5, 5.41) is 3.10. The standard InChI is InChI=1S/C23H30N2O3S/c1-4-18-7-9-19(10-8-18)22(17(2)3)24-23(26)20-11-13-21(14-12-20)29(27,28)25-15-5-6-16-25/h7-14,17,22H,4-6,15-16H2,1-3H3,(H,24,26). The van der Waals surface area contributed by atoms with Gasteiger partial charge in [0.25, 0.3) is 5.91 Å². The molecule has 1 atom stereocenters. The lowest BCUT2D eigenvalue weighted by atomic mass is 9.94. The summed E-state index contributed by atoms with van der Waals surface area (Å²) in [6.07, 6.45) is 2.77. The maximum atomic E-state index is 12.8. The average molecular weight is 415 g/mol. The second kappa shape index (κ2) is 9.09. The Balaban J connectivity index is 1.74. The Kier molecular flexibility index (Phi) is 6.75. The molecule has 0 bridgehead atoms. The first-order chi connectivity index (χ1) is 13.8. The monoisotopic (exact) mass is 414 g/mol. The molecule has 0 radical (unpaired) electrons. The highest BCUT2D eigenvalue weighted by Crippen LogP contribution is 2.24. The van der Waals surface area contributed by atoms with E-state index in [0.717, 1.165) is 24.8 Å². The molecule has 156 valence electrons. The molecule has 0 saturated carbocycles. The molecule has 2 aromatic carbocycles. The number of nitrogens with one attached hydrogen (secondary N) is 1. The van der Waals surface area contributed by atoms with Gasteiger partial charge in [-0.25, -0.2) is 8.42 Å². The van der Waals surface area contributed by atoms with Gasteiger partial charge in [-0.15, -0.1) is 0 Å². The first kappa shape index (κ1) is 21.5. The van der Waals surface area contributed by atoms with Crippen LogP contribution in [0.3, 0.4) is 0 Å². The van der Waals surface area contributed by atoms with Crippen LogP contribution in [0.5, 0.6) is 0 Å². The average Bonchev–Trinajstić information content (AvgIpc) is 3.28. The molecular formula is C23H30N2O3S. The molecule has 5 nitrogen and oxygen atoms in total. The predicted molar refractivity (Wildman–Crippen MR) is 115 cm³/mol. The van der Waals surface area contributed by atoms with E-state index in [1.165, 1.54) is 22.0 Å².